The molecular weight excluding hydrogens is 150 g/mol. The van der Waals surface area contributed by atoms with Crippen molar-refractivity contribution in [3.63, 3.8) is 0 Å². The molecule has 0 bridgehead atoms. The van der Waals surface area contributed by atoms with Crippen molar-refractivity contribution >= 4 is 0 Å². The van der Waals surface area contributed by atoms with Gasteiger partial charge in [0.05, 0.1) is 0 Å². The van der Waals surface area contributed by atoms with Crippen molar-refractivity contribution in [1.82, 2.24) is 9.91 Å². The highest BCUT2D eigenvalue weighted by Gasteiger charge is 2.04. The monoisotopic (exact) mass is 171 g/mol. The number of nitrogens with two attached hydrogens (primary N) is 1. The molecule has 1 aliphatic heterocycles. The molecule has 1 aliphatic rings. The Morgan fingerprint density at radius 3 is 2.25 bits per heavy atom. The number of nitrogens with zero attached hydrogens (tertiary/aromatic N) is 2. The van der Waals surface area contributed by atoms with Gasteiger partial charge in [-0.3, -0.25) is 5.84 Å². The van der Waals surface area contributed by atoms with Gasteiger partial charge in [0, 0.05) is 13.1 Å². The fourth-order valence-corrected chi connectivity index (χ4v) is 1.64. The van der Waals surface area contributed by atoms with E-state index in [-0.39, 0.29) is 0 Å². The van der Waals surface area contributed by atoms with Gasteiger partial charge in [0.1, 0.15) is 0 Å². The van der Waals surface area contributed by atoms with Gasteiger partial charge >= 0.3 is 0 Å². The van der Waals surface area contributed by atoms with Gasteiger partial charge in [-0.25, -0.2) is 5.01 Å². The minimum absolute atomic E-state index is 1.05. The molecule has 0 spiro atoms. The predicted octanol–water partition coefficient (Wildman–Crippen LogP) is 0.668. The highest BCUT2D eigenvalue weighted by molar-refractivity contribution is 4.59. The van der Waals surface area contributed by atoms with Gasteiger partial charge in [0.15, 0.2) is 0 Å². The minimum atomic E-state index is 1.05. The molecule has 0 saturated carbocycles. The summed E-state index contributed by atoms with van der Waals surface area (Å²) in [6, 6.07) is 0. The van der Waals surface area contributed by atoms with Gasteiger partial charge in [-0.1, -0.05) is 6.42 Å². The quantitative estimate of drug-likeness (QED) is 0.544. The standard InChI is InChI=1S/C9H21N3/c1-11-6-3-2-4-8-12(10)9-5-7-11/h2-10H2,1H3. The largest absolute Gasteiger partial charge is 0.306 e. The first-order chi connectivity index (χ1) is 5.79. The molecule has 12 heavy (non-hydrogen) atoms. The molecule has 0 unspecified atom stereocenters. The van der Waals surface area contributed by atoms with Gasteiger partial charge in [-0.05, 0) is 39.4 Å². The van der Waals surface area contributed by atoms with E-state index in [0.29, 0.717) is 0 Å². The van der Waals surface area contributed by atoms with E-state index in [2.05, 4.69) is 11.9 Å². The molecule has 0 aromatic carbocycles. The Balaban J connectivity index is 2.21. The highest BCUT2D eigenvalue weighted by atomic mass is 15.4. The summed E-state index contributed by atoms with van der Waals surface area (Å²) in [5.74, 6) is 5.78. The third kappa shape index (κ3) is 4.04. The summed E-state index contributed by atoms with van der Waals surface area (Å²) in [5, 5.41) is 1.96. The molecule has 0 aromatic rings. The van der Waals surface area contributed by atoms with E-state index >= 15 is 0 Å². The van der Waals surface area contributed by atoms with Crippen LogP contribution in [0, 0.1) is 0 Å². The molecule has 1 rings (SSSR count). The van der Waals surface area contributed by atoms with Crippen LogP contribution in [0.1, 0.15) is 25.7 Å². The minimum Gasteiger partial charge on any atom is -0.306 e. The molecule has 0 aliphatic carbocycles. The van der Waals surface area contributed by atoms with Crippen molar-refractivity contribution in [1.29, 1.82) is 0 Å². The van der Waals surface area contributed by atoms with Crippen LogP contribution in [0.3, 0.4) is 0 Å². The van der Waals surface area contributed by atoms with Gasteiger partial charge < -0.3 is 4.90 Å². The predicted molar refractivity (Wildman–Crippen MR) is 51.7 cm³/mol. The molecule has 0 atom stereocenters. The summed E-state index contributed by atoms with van der Waals surface area (Å²) in [5.41, 5.74) is 0. The number of hydrazine groups is 1. The number of hydrogen-bond acceptors (Lipinski definition) is 3. The van der Waals surface area contributed by atoms with Crippen LogP contribution in [0.15, 0.2) is 0 Å². The molecule has 1 saturated heterocycles. The zero-order valence-corrected chi connectivity index (χ0v) is 8.13. The normalized spacial score (nSPS) is 25.5. The van der Waals surface area contributed by atoms with Crippen molar-refractivity contribution in [2.75, 3.05) is 33.2 Å². The van der Waals surface area contributed by atoms with Crippen LogP contribution in [0.25, 0.3) is 0 Å². The van der Waals surface area contributed by atoms with E-state index in [4.69, 9.17) is 5.84 Å². The molecule has 72 valence electrons. The average Bonchev–Trinajstić information content (AvgIpc) is 2.04. The number of hydrogen-bond donors (Lipinski definition) is 1. The summed E-state index contributed by atoms with van der Waals surface area (Å²) in [6.45, 7) is 4.56. The summed E-state index contributed by atoms with van der Waals surface area (Å²) in [7, 11) is 2.20. The van der Waals surface area contributed by atoms with E-state index in [1.165, 1.54) is 38.8 Å². The van der Waals surface area contributed by atoms with Crippen LogP contribution in [0.2, 0.25) is 0 Å². The lowest BCUT2D eigenvalue weighted by molar-refractivity contribution is 0.229. The lowest BCUT2D eigenvalue weighted by atomic mass is 10.2. The molecular formula is C9H21N3. The molecule has 3 heteroatoms. The Morgan fingerprint density at radius 2 is 1.42 bits per heavy atom. The van der Waals surface area contributed by atoms with Crippen LogP contribution in [0.4, 0.5) is 0 Å². The highest BCUT2D eigenvalue weighted by Crippen LogP contribution is 2.02. The third-order valence-corrected chi connectivity index (χ3v) is 2.47. The van der Waals surface area contributed by atoms with Gasteiger partial charge in [-0.2, -0.15) is 0 Å². The Kier molecular flexibility index (Phi) is 4.58. The van der Waals surface area contributed by atoms with Crippen molar-refractivity contribution in [3.8, 4) is 0 Å². The molecule has 1 fully saturated rings. The second-order valence-electron chi connectivity index (χ2n) is 3.75. The first kappa shape index (κ1) is 9.96. The zero-order chi connectivity index (χ0) is 8.81. The lowest BCUT2D eigenvalue weighted by Crippen LogP contribution is -2.35. The maximum absolute atomic E-state index is 5.78. The SMILES string of the molecule is CN1CCCCCN(N)CCC1. The molecule has 0 aromatic heterocycles. The van der Waals surface area contributed by atoms with E-state index in [0.717, 1.165) is 13.1 Å². The van der Waals surface area contributed by atoms with Crippen molar-refractivity contribution in [2.45, 2.75) is 25.7 Å². The van der Waals surface area contributed by atoms with E-state index in [1.807, 2.05) is 5.01 Å². The Morgan fingerprint density at radius 1 is 0.833 bits per heavy atom. The number of rotatable bonds is 0. The van der Waals surface area contributed by atoms with Gasteiger partial charge in [-0.15, -0.1) is 0 Å². The second kappa shape index (κ2) is 5.51. The van der Waals surface area contributed by atoms with Crippen molar-refractivity contribution in [2.24, 2.45) is 5.84 Å². The van der Waals surface area contributed by atoms with Gasteiger partial charge in [0.2, 0.25) is 0 Å². The Labute approximate surface area is 75.5 Å². The van der Waals surface area contributed by atoms with Crippen LogP contribution in [0.5, 0.6) is 0 Å². The molecule has 0 radical (unpaired) electrons. The summed E-state index contributed by atoms with van der Waals surface area (Å²) >= 11 is 0. The first-order valence-corrected chi connectivity index (χ1v) is 4.97. The van der Waals surface area contributed by atoms with Crippen molar-refractivity contribution < 1.29 is 0 Å². The van der Waals surface area contributed by atoms with Crippen LogP contribution >= 0.6 is 0 Å². The molecule has 2 N–H and O–H groups in total. The maximum Gasteiger partial charge on any atom is 0.0140 e. The fourth-order valence-electron chi connectivity index (χ4n) is 1.64. The molecule has 1 heterocycles. The summed E-state index contributed by atoms with van der Waals surface area (Å²) in [4.78, 5) is 2.40. The second-order valence-corrected chi connectivity index (χ2v) is 3.75. The fraction of sp³-hybridized carbons (Fsp3) is 1.00. The smallest absolute Gasteiger partial charge is 0.0140 e. The van der Waals surface area contributed by atoms with Gasteiger partial charge in [0.25, 0.3) is 0 Å². The van der Waals surface area contributed by atoms with E-state index in [9.17, 15) is 0 Å². The Bertz CT molecular complexity index is 104. The Hall–Kier alpha value is -0.120. The third-order valence-electron chi connectivity index (χ3n) is 2.47. The maximum atomic E-state index is 5.78. The average molecular weight is 171 g/mol. The first-order valence-electron chi connectivity index (χ1n) is 4.97. The summed E-state index contributed by atoms with van der Waals surface area (Å²) < 4.78 is 0. The zero-order valence-electron chi connectivity index (χ0n) is 8.13. The molecule has 0 amide bonds. The van der Waals surface area contributed by atoms with E-state index < -0.39 is 0 Å². The lowest BCUT2D eigenvalue weighted by Gasteiger charge is -2.22. The van der Waals surface area contributed by atoms with Crippen molar-refractivity contribution in [3.05, 3.63) is 0 Å². The molecule has 3 nitrogen and oxygen atoms in total. The van der Waals surface area contributed by atoms with E-state index in [1.54, 1.807) is 0 Å². The van der Waals surface area contributed by atoms with Crippen LogP contribution in [-0.2, 0) is 0 Å². The van der Waals surface area contributed by atoms with Crippen LogP contribution in [-0.4, -0.2) is 43.1 Å². The van der Waals surface area contributed by atoms with Crippen LogP contribution < -0.4 is 5.84 Å². The summed E-state index contributed by atoms with van der Waals surface area (Å²) in [6.07, 6.45) is 5.10. The topological polar surface area (TPSA) is 32.5 Å².